The summed E-state index contributed by atoms with van der Waals surface area (Å²) in [6.07, 6.45) is 0. The van der Waals surface area contributed by atoms with Gasteiger partial charge in [-0.15, -0.1) is 0 Å². The maximum atomic E-state index is 13.0. The summed E-state index contributed by atoms with van der Waals surface area (Å²) in [7, 11) is 1.36. The van der Waals surface area contributed by atoms with E-state index in [2.05, 4.69) is 4.98 Å². The van der Waals surface area contributed by atoms with Gasteiger partial charge in [0, 0.05) is 21.2 Å². The summed E-state index contributed by atoms with van der Waals surface area (Å²) in [5.74, 6) is 0.691. The Morgan fingerprint density at radius 3 is 2.52 bits per heavy atom. The van der Waals surface area contributed by atoms with Gasteiger partial charge in [-0.25, -0.2) is 13.4 Å². The SMILES string of the molecule is COCc1ccccc1S(=O)(=O)N(C)Cc1nc2ccccc2n1C. The summed E-state index contributed by atoms with van der Waals surface area (Å²) in [5.41, 5.74) is 2.47. The fraction of sp³-hybridized carbons (Fsp3) is 0.278. The molecule has 7 heteroatoms. The number of nitrogens with zero attached hydrogens (tertiary/aromatic N) is 3. The van der Waals surface area contributed by atoms with Crippen molar-refractivity contribution in [2.24, 2.45) is 7.05 Å². The van der Waals surface area contributed by atoms with Gasteiger partial charge in [0.25, 0.3) is 0 Å². The quantitative estimate of drug-likeness (QED) is 0.678. The second-order valence-corrected chi connectivity index (χ2v) is 7.89. The zero-order valence-corrected chi connectivity index (χ0v) is 15.3. The Balaban J connectivity index is 1.94. The molecule has 0 atom stereocenters. The van der Waals surface area contributed by atoms with E-state index >= 15 is 0 Å². The molecule has 3 rings (SSSR count). The van der Waals surface area contributed by atoms with E-state index in [9.17, 15) is 8.42 Å². The summed E-state index contributed by atoms with van der Waals surface area (Å²) in [6, 6.07) is 14.6. The van der Waals surface area contributed by atoms with Crippen LogP contribution in [0.5, 0.6) is 0 Å². The Labute approximate surface area is 147 Å². The molecule has 0 saturated carbocycles. The molecule has 132 valence electrons. The van der Waals surface area contributed by atoms with E-state index in [0.29, 0.717) is 11.4 Å². The average molecular weight is 359 g/mol. The monoisotopic (exact) mass is 359 g/mol. The van der Waals surface area contributed by atoms with Crippen molar-refractivity contribution in [3.63, 3.8) is 0 Å². The number of fused-ring (bicyclic) bond motifs is 1. The van der Waals surface area contributed by atoms with Crippen LogP contribution in [0.3, 0.4) is 0 Å². The molecule has 25 heavy (non-hydrogen) atoms. The van der Waals surface area contributed by atoms with Gasteiger partial charge in [-0.2, -0.15) is 4.31 Å². The number of imidazole rings is 1. The molecule has 0 radical (unpaired) electrons. The van der Waals surface area contributed by atoms with E-state index in [1.54, 1.807) is 38.4 Å². The van der Waals surface area contributed by atoms with Gasteiger partial charge < -0.3 is 9.30 Å². The van der Waals surface area contributed by atoms with Crippen LogP contribution in [0.2, 0.25) is 0 Å². The number of methoxy groups -OCH3 is 1. The lowest BCUT2D eigenvalue weighted by atomic mass is 10.2. The van der Waals surface area contributed by atoms with E-state index in [1.165, 1.54) is 4.31 Å². The average Bonchev–Trinajstić information content (AvgIpc) is 2.92. The molecular formula is C18H21N3O3S. The molecular weight excluding hydrogens is 338 g/mol. The molecule has 0 fully saturated rings. The van der Waals surface area contributed by atoms with Crippen molar-refractivity contribution in [3.8, 4) is 0 Å². The fourth-order valence-corrected chi connectivity index (χ4v) is 4.15. The highest BCUT2D eigenvalue weighted by Crippen LogP contribution is 2.22. The molecule has 0 aliphatic rings. The van der Waals surface area contributed by atoms with Crippen LogP contribution in [-0.4, -0.2) is 36.4 Å². The molecule has 0 amide bonds. The first-order valence-electron chi connectivity index (χ1n) is 7.88. The Hall–Kier alpha value is -2.22. The largest absolute Gasteiger partial charge is 0.380 e. The highest BCUT2D eigenvalue weighted by atomic mass is 32.2. The lowest BCUT2D eigenvalue weighted by molar-refractivity contribution is 0.182. The topological polar surface area (TPSA) is 64.4 Å². The zero-order valence-electron chi connectivity index (χ0n) is 14.5. The van der Waals surface area contributed by atoms with E-state index < -0.39 is 10.0 Å². The molecule has 1 heterocycles. The predicted molar refractivity (Wildman–Crippen MR) is 96.5 cm³/mol. The fourth-order valence-electron chi connectivity index (χ4n) is 2.82. The van der Waals surface area contributed by atoms with Crippen molar-refractivity contribution in [1.29, 1.82) is 0 Å². The van der Waals surface area contributed by atoms with Crippen molar-refractivity contribution < 1.29 is 13.2 Å². The van der Waals surface area contributed by atoms with Gasteiger partial charge in [0.2, 0.25) is 10.0 Å². The third-order valence-electron chi connectivity index (χ3n) is 4.20. The minimum absolute atomic E-state index is 0.189. The first-order chi connectivity index (χ1) is 11.9. The van der Waals surface area contributed by atoms with Crippen molar-refractivity contribution in [3.05, 3.63) is 59.9 Å². The molecule has 0 N–H and O–H groups in total. The van der Waals surface area contributed by atoms with Gasteiger partial charge >= 0.3 is 0 Å². The van der Waals surface area contributed by atoms with E-state index in [0.717, 1.165) is 11.0 Å². The Kier molecular flexibility index (Phi) is 4.89. The van der Waals surface area contributed by atoms with Crippen LogP contribution in [0, 0.1) is 0 Å². The van der Waals surface area contributed by atoms with Gasteiger partial charge in [-0.1, -0.05) is 30.3 Å². The second kappa shape index (κ2) is 6.95. The maximum absolute atomic E-state index is 13.0. The Bertz CT molecular complexity index is 996. The van der Waals surface area contributed by atoms with Crippen LogP contribution in [-0.2, 0) is 35.0 Å². The van der Waals surface area contributed by atoms with Crippen LogP contribution in [0.4, 0.5) is 0 Å². The van der Waals surface area contributed by atoms with Crippen molar-refractivity contribution in [2.45, 2.75) is 18.0 Å². The third-order valence-corrected chi connectivity index (χ3v) is 6.11. The zero-order chi connectivity index (χ0) is 18.0. The Morgan fingerprint density at radius 1 is 1.12 bits per heavy atom. The van der Waals surface area contributed by atoms with Crippen molar-refractivity contribution >= 4 is 21.1 Å². The Morgan fingerprint density at radius 2 is 1.80 bits per heavy atom. The molecule has 0 bridgehead atoms. The molecule has 3 aromatic rings. The highest BCUT2D eigenvalue weighted by molar-refractivity contribution is 7.89. The molecule has 2 aromatic carbocycles. The smallest absolute Gasteiger partial charge is 0.243 e. The molecule has 0 aliphatic carbocycles. The van der Waals surface area contributed by atoms with Crippen LogP contribution in [0.1, 0.15) is 11.4 Å². The number of rotatable bonds is 6. The molecule has 0 aliphatic heterocycles. The van der Waals surface area contributed by atoms with Gasteiger partial charge in [0.05, 0.1) is 29.1 Å². The third kappa shape index (κ3) is 3.30. The lowest BCUT2D eigenvalue weighted by Gasteiger charge is -2.19. The molecule has 0 saturated heterocycles. The van der Waals surface area contributed by atoms with Gasteiger partial charge in [-0.05, 0) is 23.8 Å². The van der Waals surface area contributed by atoms with E-state index in [4.69, 9.17) is 4.74 Å². The van der Waals surface area contributed by atoms with Gasteiger partial charge in [-0.3, -0.25) is 0 Å². The number of aryl methyl sites for hydroxylation is 1. The maximum Gasteiger partial charge on any atom is 0.243 e. The number of ether oxygens (including phenoxy) is 1. The summed E-state index contributed by atoms with van der Waals surface area (Å²) in [5, 5.41) is 0. The number of hydrogen-bond donors (Lipinski definition) is 0. The first kappa shape index (κ1) is 17.6. The highest BCUT2D eigenvalue weighted by Gasteiger charge is 2.25. The van der Waals surface area contributed by atoms with E-state index in [-0.39, 0.29) is 18.0 Å². The lowest BCUT2D eigenvalue weighted by Crippen LogP contribution is -2.28. The first-order valence-corrected chi connectivity index (χ1v) is 9.32. The standard InChI is InChI=1S/C18H21N3O3S/c1-20(12-18-19-15-9-5-6-10-16(15)21(18)2)25(22,23)17-11-7-4-8-14(17)13-24-3/h4-11H,12-13H2,1-3H3. The number of aromatic nitrogens is 2. The summed E-state index contributed by atoms with van der Waals surface area (Å²) in [6.45, 7) is 0.435. The minimum Gasteiger partial charge on any atom is -0.380 e. The number of para-hydroxylation sites is 2. The summed E-state index contributed by atoms with van der Waals surface area (Å²) >= 11 is 0. The van der Waals surface area contributed by atoms with Crippen LogP contribution in [0.15, 0.2) is 53.4 Å². The van der Waals surface area contributed by atoms with Crippen molar-refractivity contribution in [1.82, 2.24) is 13.9 Å². The summed E-state index contributed by atoms with van der Waals surface area (Å²) in [4.78, 5) is 4.81. The number of benzene rings is 2. The van der Waals surface area contributed by atoms with Crippen LogP contribution < -0.4 is 0 Å². The summed E-state index contributed by atoms with van der Waals surface area (Å²) < 4.78 is 34.3. The molecule has 6 nitrogen and oxygen atoms in total. The van der Waals surface area contributed by atoms with E-state index in [1.807, 2.05) is 35.9 Å². The van der Waals surface area contributed by atoms with Crippen LogP contribution in [0.25, 0.3) is 11.0 Å². The molecule has 0 unspecified atom stereocenters. The van der Waals surface area contributed by atoms with Gasteiger partial charge in [0.1, 0.15) is 5.82 Å². The van der Waals surface area contributed by atoms with Crippen molar-refractivity contribution in [2.75, 3.05) is 14.2 Å². The minimum atomic E-state index is -3.64. The number of hydrogen-bond acceptors (Lipinski definition) is 4. The second-order valence-electron chi connectivity index (χ2n) is 5.88. The number of sulfonamides is 1. The molecule has 0 spiro atoms. The molecule has 1 aromatic heterocycles. The normalized spacial score (nSPS) is 12.2. The predicted octanol–water partition coefficient (Wildman–Crippen LogP) is 2.54. The van der Waals surface area contributed by atoms with Crippen LogP contribution >= 0.6 is 0 Å². The van der Waals surface area contributed by atoms with Gasteiger partial charge in [0.15, 0.2) is 0 Å².